The zero-order valence-electron chi connectivity index (χ0n) is 11.3. The topological polar surface area (TPSA) is 110 Å². The summed E-state index contributed by atoms with van der Waals surface area (Å²) in [6.45, 7) is 0. The predicted molar refractivity (Wildman–Crippen MR) is 77.7 cm³/mol. The highest BCUT2D eigenvalue weighted by molar-refractivity contribution is 6.04. The second kappa shape index (κ2) is 6.38. The van der Waals surface area contributed by atoms with Crippen LogP contribution in [0.2, 0.25) is 0 Å². The van der Waals surface area contributed by atoms with Crippen molar-refractivity contribution in [2.45, 2.75) is 0 Å². The van der Waals surface area contributed by atoms with Gasteiger partial charge in [-0.2, -0.15) is 0 Å². The van der Waals surface area contributed by atoms with Crippen LogP contribution in [0.5, 0.6) is 5.75 Å². The number of amidine groups is 1. The van der Waals surface area contributed by atoms with Crippen molar-refractivity contribution in [3.05, 3.63) is 53.9 Å². The first kappa shape index (κ1) is 14.3. The third kappa shape index (κ3) is 3.27. The number of hydrogen-bond acceptors (Lipinski definition) is 5. The van der Waals surface area contributed by atoms with Crippen LogP contribution in [-0.2, 0) is 0 Å². The number of ether oxygens (including phenoxy) is 1. The average Bonchev–Trinajstić information content (AvgIpc) is 2.54. The van der Waals surface area contributed by atoms with Crippen molar-refractivity contribution in [2.24, 2.45) is 10.9 Å². The fourth-order valence-corrected chi connectivity index (χ4v) is 1.67. The standard InChI is InChI=1S/C14H14N4O3/c1-21-12-5-3-2-4-10(12)17-14(19)11-7-6-9(8-16-11)13(15)18-20/h2-8,20H,1H3,(H2,15,18)(H,17,19). The number of aromatic nitrogens is 1. The van der Waals surface area contributed by atoms with E-state index in [2.05, 4.69) is 15.5 Å². The zero-order valence-corrected chi connectivity index (χ0v) is 11.3. The van der Waals surface area contributed by atoms with Gasteiger partial charge < -0.3 is 21.0 Å². The van der Waals surface area contributed by atoms with Gasteiger partial charge >= 0.3 is 0 Å². The number of nitrogens with two attached hydrogens (primary N) is 1. The minimum atomic E-state index is -0.384. The van der Waals surface area contributed by atoms with E-state index >= 15 is 0 Å². The van der Waals surface area contributed by atoms with E-state index in [1.807, 2.05) is 0 Å². The Morgan fingerprint density at radius 3 is 2.71 bits per heavy atom. The Balaban J connectivity index is 2.17. The number of rotatable bonds is 4. The van der Waals surface area contributed by atoms with Crippen LogP contribution in [-0.4, -0.2) is 29.0 Å². The van der Waals surface area contributed by atoms with E-state index in [0.29, 0.717) is 17.0 Å². The molecule has 1 amide bonds. The fourth-order valence-electron chi connectivity index (χ4n) is 1.67. The quantitative estimate of drug-likeness (QED) is 0.341. The normalized spacial score (nSPS) is 11.0. The average molecular weight is 286 g/mol. The van der Waals surface area contributed by atoms with Crippen LogP contribution in [0.3, 0.4) is 0 Å². The smallest absolute Gasteiger partial charge is 0.274 e. The van der Waals surface area contributed by atoms with Gasteiger partial charge in [-0.25, -0.2) is 0 Å². The summed E-state index contributed by atoms with van der Waals surface area (Å²) in [4.78, 5) is 16.1. The van der Waals surface area contributed by atoms with Crippen molar-refractivity contribution in [3.8, 4) is 5.75 Å². The monoisotopic (exact) mass is 286 g/mol. The summed E-state index contributed by atoms with van der Waals surface area (Å²) in [6, 6.07) is 10.1. The number of carbonyl (C=O) groups is 1. The lowest BCUT2D eigenvalue weighted by molar-refractivity contribution is 0.102. The summed E-state index contributed by atoms with van der Waals surface area (Å²) in [5.41, 5.74) is 6.60. The Labute approximate surface area is 121 Å². The predicted octanol–water partition coefficient (Wildman–Crippen LogP) is 1.44. The van der Waals surface area contributed by atoms with Gasteiger partial charge in [-0.05, 0) is 24.3 Å². The number of carbonyl (C=O) groups excluding carboxylic acids is 1. The van der Waals surface area contributed by atoms with Crippen molar-refractivity contribution >= 4 is 17.4 Å². The van der Waals surface area contributed by atoms with Gasteiger partial charge in [0.1, 0.15) is 11.4 Å². The van der Waals surface area contributed by atoms with Crippen LogP contribution in [0.1, 0.15) is 16.1 Å². The number of pyridine rings is 1. The minimum Gasteiger partial charge on any atom is -0.495 e. The van der Waals surface area contributed by atoms with Crippen molar-refractivity contribution in [3.63, 3.8) is 0 Å². The summed E-state index contributed by atoms with van der Waals surface area (Å²) >= 11 is 0. The van der Waals surface area contributed by atoms with E-state index in [9.17, 15) is 4.79 Å². The van der Waals surface area contributed by atoms with Crippen molar-refractivity contribution in [1.29, 1.82) is 0 Å². The van der Waals surface area contributed by atoms with Crippen molar-refractivity contribution in [2.75, 3.05) is 12.4 Å². The Kier molecular flexibility index (Phi) is 4.35. The SMILES string of the molecule is COc1ccccc1NC(=O)c1ccc(C(N)=NO)cn1. The summed E-state index contributed by atoms with van der Waals surface area (Å²) in [5, 5.41) is 14.1. The molecule has 0 radical (unpaired) electrons. The number of para-hydroxylation sites is 2. The Morgan fingerprint density at radius 2 is 2.10 bits per heavy atom. The Hall–Kier alpha value is -3.09. The van der Waals surface area contributed by atoms with Crippen molar-refractivity contribution < 1.29 is 14.7 Å². The number of nitrogens with zero attached hydrogens (tertiary/aromatic N) is 2. The molecule has 21 heavy (non-hydrogen) atoms. The largest absolute Gasteiger partial charge is 0.495 e. The van der Waals surface area contributed by atoms with E-state index in [1.54, 1.807) is 30.3 Å². The summed E-state index contributed by atoms with van der Waals surface area (Å²) in [6.07, 6.45) is 1.35. The van der Waals surface area contributed by atoms with Crippen LogP contribution in [0, 0.1) is 0 Å². The van der Waals surface area contributed by atoms with Crippen LogP contribution in [0.4, 0.5) is 5.69 Å². The van der Waals surface area contributed by atoms with Gasteiger partial charge in [0.2, 0.25) is 0 Å². The molecule has 0 spiro atoms. The minimum absolute atomic E-state index is 0.0702. The van der Waals surface area contributed by atoms with Gasteiger partial charge in [0, 0.05) is 11.8 Å². The highest BCUT2D eigenvalue weighted by Gasteiger charge is 2.11. The number of anilines is 1. The molecule has 0 aliphatic carbocycles. The number of benzene rings is 1. The molecule has 0 aliphatic heterocycles. The van der Waals surface area contributed by atoms with Crippen LogP contribution in [0.25, 0.3) is 0 Å². The second-order valence-corrected chi connectivity index (χ2v) is 4.07. The number of methoxy groups -OCH3 is 1. The highest BCUT2D eigenvalue weighted by atomic mass is 16.5. The Morgan fingerprint density at radius 1 is 1.33 bits per heavy atom. The van der Waals surface area contributed by atoms with E-state index < -0.39 is 0 Å². The third-order valence-corrected chi connectivity index (χ3v) is 2.75. The first-order valence-corrected chi connectivity index (χ1v) is 6.04. The third-order valence-electron chi connectivity index (χ3n) is 2.75. The molecule has 0 saturated heterocycles. The molecule has 0 saturated carbocycles. The van der Waals surface area contributed by atoms with Gasteiger partial charge in [-0.15, -0.1) is 0 Å². The molecule has 108 valence electrons. The summed E-state index contributed by atoms with van der Waals surface area (Å²) < 4.78 is 5.15. The molecule has 1 heterocycles. The number of oxime groups is 1. The lowest BCUT2D eigenvalue weighted by Crippen LogP contribution is -2.17. The maximum Gasteiger partial charge on any atom is 0.274 e. The zero-order chi connectivity index (χ0) is 15.2. The van der Waals surface area contributed by atoms with E-state index in [4.69, 9.17) is 15.7 Å². The van der Waals surface area contributed by atoms with Gasteiger partial charge in [-0.1, -0.05) is 17.3 Å². The first-order valence-electron chi connectivity index (χ1n) is 6.04. The van der Waals surface area contributed by atoms with Gasteiger partial charge in [0.25, 0.3) is 5.91 Å². The van der Waals surface area contributed by atoms with Gasteiger partial charge in [-0.3, -0.25) is 9.78 Å². The molecule has 7 nitrogen and oxygen atoms in total. The molecule has 0 bridgehead atoms. The lowest BCUT2D eigenvalue weighted by atomic mass is 10.2. The number of nitrogens with one attached hydrogen (secondary N) is 1. The second-order valence-electron chi connectivity index (χ2n) is 4.07. The molecule has 0 aliphatic rings. The highest BCUT2D eigenvalue weighted by Crippen LogP contribution is 2.23. The molecule has 1 aromatic carbocycles. The number of amides is 1. The maximum absolute atomic E-state index is 12.1. The Bertz CT molecular complexity index is 668. The van der Waals surface area contributed by atoms with E-state index in [-0.39, 0.29) is 17.4 Å². The molecule has 4 N–H and O–H groups in total. The summed E-state index contributed by atoms with van der Waals surface area (Å²) in [5.74, 6) is 0.101. The maximum atomic E-state index is 12.1. The number of hydrogen-bond donors (Lipinski definition) is 3. The fraction of sp³-hybridized carbons (Fsp3) is 0.0714. The van der Waals surface area contributed by atoms with Gasteiger partial charge in [0.05, 0.1) is 12.8 Å². The van der Waals surface area contributed by atoms with E-state index in [1.165, 1.54) is 19.4 Å². The molecule has 1 aromatic heterocycles. The summed E-state index contributed by atoms with van der Waals surface area (Å²) in [7, 11) is 1.52. The molecule has 2 aromatic rings. The molecule has 0 atom stereocenters. The van der Waals surface area contributed by atoms with Crippen LogP contribution < -0.4 is 15.8 Å². The van der Waals surface area contributed by atoms with Crippen LogP contribution in [0.15, 0.2) is 47.8 Å². The molecule has 0 fully saturated rings. The first-order chi connectivity index (χ1) is 10.2. The molecule has 0 unspecified atom stereocenters. The van der Waals surface area contributed by atoms with Gasteiger partial charge in [0.15, 0.2) is 5.84 Å². The molecular formula is C14H14N4O3. The van der Waals surface area contributed by atoms with Crippen molar-refractivity contribution in [1.82, 2.24) is 4.98 Å². The van der Waals surface area contributed by atoms with E-state index in [0.717, 1.165) is 0 Å². The molecule has 7 heteroatoms. The van der Waals surface area contributed by atoms with Crippen LogP contribution >= 0.6 is 0 Å². The molecular weight excluding hydrogens is 272 g/mol. The lowest BCUT2D eigenvalue weighted by Gasteiger charge is -2.09. The molecule has 2 rings (SSSR count).